The number of unbranched alkanes of at least 4 members (excludes halogenated alkanes) is 6. The highest BCUT2D eigenvalue weighted by Gasteiger charge is 2.25. The summed E-state index contributed by atoms with van der Waals surface area (Å²) in [6.07, 6.45) is 48.7. The standard InChI is InChI=1S/C43H70NO8P/c1-3-5-7-9-11-13-15-17-19-20-22-24-26-28-30-32-34-36-43(46)52-41(40-51-53(47,48)50-38-37-44)39-49-42(45)35-33-31-29-27-25-23-21-18-16-14-12-10-8-6-4-2/h6-9,12-15,18-21,24-27,41H,3-5,10-11,16-17,22-23,28-40,44H2,1-2H3,(H,47,48)/b8-6+,9-7+,14-12+,15-13+,20-19+,21-18+,26-24+,27-25+/t41-/m1/s1. The first-order valence-electron chi connectivity index (χ1n) is 19.7. The Morgan fingerprint density at radius 3 is 1.55 bits per heavy atom. The summed E-state index contributed by atoms with van der Waals surface area (Å²) >= 11 is 0. The lowest BCUT2D eigenvalue weighted by Crippen LogP contribution is -2.29. The van der Waals surface area contributed by atoms with Crippen LogP contribution in [-0.4, -0.2) is 49.3 Å². The topological polar surface area (TPSA) is 134 Å². The number of hydrogen-bond donors (Lipinski definition) is 2. The van der Waals surface area contributed by atoms with Crippen molar-refractivity contribution in [2.24, 2.45) is 5.73 Å². The number of rotatable bonds is 35. The molecule has 0 amide bonds. The molecule has 0 saturated carbocycles. The van der Waals surface area contributed by atoms with Crippen LogP contribution in [0.2, 0.25) is 0 Å². The van der Waals surface area contributed by atoms with E-state index in [4.69, 9.17) is 24.3 Å². The van der Waals surface area contributed by atoms with Crippen LogP contribution in [0.25, 0.3) is 0 Å². The molecule has 0 fully saturated rings. The molecule has 300 valence electrons. The summed E-state index contributed by atoms with van der Waals surface area (Å²) in [4.78, 5) is 34.8. The van der Waals surface area contributed by atoms with E-state index in [1.807, 2.05) is 0 Å². The molecule has 0 radical (unpaired) electrons. The van der Waals surface area contributed by atoms with Gasteiger partial charge in [-0.05, 0) is 89.9 Å². The second-order valence-corrected chi connectivity index (χ2v) is 13.9. The van der Waals surface area contributed by atoms with Crippen molar-refractivity contribution in [3.05, 3.63) is 97.2 Å². The molecule has 0 aromatic rings. The molecule has 0 aliphatic heterocycles. The maximum Gasteiger partial charge on any atom is 0.472 e. The summed E-state index contributed by atoms with van der Waals surface area (Å²) in [6, 6.07) is 0. The fraction of sp³-hybridized carbons (Fsp3) is 0.581. The van der Waals surface area contributed by atoms with E-state index >= 15 is 0 Å². The fourth-order valence-electron chi connectivity index (χ4n) is 4.55. The van der Waals surface area contributed by atoms with E-state index in [1.54, 1.807) is 0 Å². The van der Waals surface area contributed by atoms with Gasteiger partial charge in [-0.2, -0.15) is 0 Å². The van der Waals surface area contributed by atoms with Crippen LogP contribution in [0.5, 0.6) is 0 Å². The van der Waals surface area contributed by atoms with Crippen LogP contribution in [0.15, 0.2) is 97.2 Å². The van der Waals surface area contributed by atoms with Crippen molar-refractivity contribution >= 4 is 19.8 Å². The molecule has 3 N–H and O–H groups in total. The normalized spacial score (nSPS) is 14.4. The molecule has 53 heavy (non-hydrogen) atoms. The first kappa shape index (κ1) is 49.9. The Hall–Kier alpha value is -3.07. The van der Waals surface area contributed by atoms with Crippen molar-refractivity contribution in [2.75, 3.05) is 26.4 Å². The van der Waals surface area contributed by atoms with Gasteiger partial charge < -0.3 is 20.1 Å². The Labute approximate surface area is 321 Å². The monoisotopic (exact) mass is 759 g/mol. The summed E-state index contributed by atoms with van der Waals surface area (Å²) in [5.41, 5.74) is 5.33. The molecule has 0 aliphatic rings. The lowest BCUT2D eigenvalue weighted by Gasteiger charge is -2.19. The second kappa shape index (κ2) is 38.6. The smallest absolute Gasteiger partial charge is 0.462 e. The van der Waals surface area contributed by atoms with E-state index in [2.05, 4.69) is 111 Å². The van der Waals surface area contributed by atoms with E-state index in [0.29, 0.717) is 12.8 Å². The molecular formula is C43H70NO8P. The highest BCUT2D eigenvalue weighted by Crippen LogP contribution is 2.43. The van der Waals surface area contributed by atoms with E-state index in [9.17, 15) is 19.0 Å². The Balaban J connectivity index is 4.37. The number of allylic oxidation sites excluding steroid dienone is 16. The highest BCUT2D eigenvalue weighted by atomic mass is 31.2. The van der Waals surface area contributed by atoms with Crippen molar-refractivity contribution in [1.29, 1.82) is 0 Å². The zero-order chi connectivity index (χ0) is 38.9. The van der Waals surface area contributed by atoms with Gasteiger partial charge in [0.25, 0.3) is 0 Å². The number of phosphoric ester groups is 1. The van der Waals surface area contributed by atoms with Gasteiger partial charge in [0, 0.05) is 19.4 Å². The summed E-state index contributed by atoms with van der Waals surface area (Å²) in [6.45, 7) is 3.42. The number of ether oxygens (including phenoxy) is 2. The molecule has 0 saturated heterocycles. The van der Waals surface area contributed by atoms with Gasteiger partial charge in [-0.3, -0.25) is 18.6 Å². The van der Waals surface area contributed by atoms with Gasteiger partial charge >= 0.3 is 19.8 Å². The molecule has 0 aromatic carbocycles. The Morgan fingerprint density at radius 1 is 0.585 bits per heavy atom. The third kappa shape index (κ3) is 38.5. The molecule has 9 nitrogen and oxygen atoms in total. The lowest BCUT2D eigenvalue weighted by atomic mass is 10.1. The molecule has 0 spiro atoms. The van der Waals surface area contributed by atoms with Gasteiger partial charge in [-0.1, -0.05) is 124 Å². The van der Waals surface area contributed by atoms with Crippen LogP contribution >= 0.6 is 7.82 Å². The van der Waals surface area contributed by atoms with Gasteiger partial charge in [0.05, 0.1) is 13.2 Å². The number of hydrogen-bond acceptors (Lipinski definition) is 8. The molecule has 0 bridgehead atoms. The molecule has 1 unspecified atom stereocenters. The zero-order valence-electron chi connectivity index (χ0n) is 32.7. The number of carbonyl (C=O) groups is 2. The third-order valence-corrected chi connectivity index (χ3v) is 8.42. The third-order valence-electron chi connectivity index (χ3n) is 7.43. The Bertz CT molecular complexity index is 1180. The highest BCUT2D eigenvalue weighted by molar-refractivity contribution is 7.47. The van der Waals surface area contributed by atoms with Crippen molar-refractivity contribution < 1.29 is 37.6 Å². The summed E-state index contributed by atoms with van der Waals surface area (Å²) in [7, 11) is -4.40. The van der Waals surface area contributed by atoms with Gasteiger partial charge in [0.15, 0.2) is 6.10 Å². The Kier molecular flexibility index (Phi) is 36.4. The van der Waals surface area contributed by atoms with Gasteiger partial charge in [0.1, 0.15) is 6.61 Å². The predicted octanol–water partition coefficient (Wildman–Crippen LogP) is 11.0. The van der Waals surface area contributed by atoms with Crippen LogP contribution < -0.4 is 5.73 Å². The molecule has 0 aromatic heterocycles. The van der Waals surface area contributed by atoms with Crippen molar-refractivity contribution in [2.45, 2.75) is 136 Å². The van der Waals surface area contributed by atoms with Crippen molar-refractivity contribution in [3.63, 3.8) is 0 Å². The minimum atomic E-state index is -4.40. The largest absolute Gasteiger partial charge is 0.472 e. The minimum absolute atomic E-state index is 0.0363. The van der Waals surface area contributed by atoms with Crippen LogP contribution in [0.1, 0.15) is 129 Å². The molecule has 0 heterocycles. The number of esters is 2. The Morgan fingerprint density at radius 2 is 1.04 bits per heavy atom. The van der Waals surface area contributed by atoms with Crippen LogP contribution in [0, 0.1) is 0 Å². The lowest BCUT2D eigenvalue weighted by molar-refractivity contribution is -0.161. The van der Waals surface area contributed by atoms with E-state index in [-0.39, 0.29) is 32.6 Å². The van der Waals surface area contributed by atoms with Gasteiger partial charge in [0.2, 0.25) is 0 Å². The maximum absolute atomic E-state index is 12.5. The number of carbonyl (C=O) groups excluding carboxylic acids is 2. The zero-order valence-corrected chi connectivity index (χ0v) is 33.6. The SMILES string of the molecule is CC/C=C/C/C=C/C/C=C/C/C=C/CCCCC(=O)OC[C@H](COP(=O)(O)OCCN)OC(=O)CCCCC/C=C/C/C=C/C/C=C/C/C=C/CCC. The number of nitrogens with two attached hydrogens (primary N) is 1. The summed E-state index contributed by atoms with van der Waals surface area (Å²) < 4.78 is 32.6. The number of phosphoric acid groups is 1. The summed E-state index contributed by atoms with van der Waals surface area (Å²) in [5, 5.41) is 0. The second-order valence-electron chi connectivity index (χ2n) is 12.4. The van der Waals surface area contributed by atoms with Crippen LogP contribution in [0.3, 0.4) is 0 Å². The molecule has 0 aliphatic carbocycles. The van der Waals surface area contributed by atoms with Crippen LogP contribution in [-0.2, 0) is 32.7 Å². The van der Waals surface area contributed by atoms with E-state index < -0.39 is 32.5 Å². The van der Waals surface area contributed by atoms with Gasteiger partial charge in [-0.15, -0.1) is 0 Å². The van der Waals surface area contributed by atoms with Crippen molar-refractivity contribution in [1.82, 2.24) is 0 Å². The fourth-order valence-corrected chi connectivity index (χ4v) is 5.32. The molecule has 10 heteroatoms. The predicted molar refractivity (Wildman–Crippen MR) is 219 cm³/mol. The van der Waals surface area contributed by atoms with E-state index in [0.717, 1.165) is 83.5 Å². The van der Waals surface area contributed by atoms with Crippen molar-refractivity contribution in [3.8, 4) is 0 Å². The molecule has 2 atom stereocenters. The van der Waals surface area contributed by atoms with Crippen LogP contribution in [0.4, 0.5) is 0 Å². The maximum atomic E-state index is 12.5. The van der Waals surface area contributed by atoms with Gasteiger partial charge in [-0.25, -0.2) is 4.57 Å². The first-order valence-corrected chi connectivity index (χ1v) is 21.2. The molecular weight excluding hydrogens is 689 g/mol. The quantitative estimate of drug-likeness (QED) is 0.0280. The molecule has 0 rings (SSSR count). The van der Waals surface area contributed by atoms with E-state index in [1.165, 1.54) is 6.42 Å². The average Bonchev–Trinajstić information content (AvgIpc) is 3.14. The average molecular weight is 760 g/mol. The summed E-state index contributed by atoms with van der Waals surface area (Å²) in [5.74, 6) is -0.927. The first-order chi connectivity index (χ1) is 25.8. The minimum Gasteiger partial charge on any atom is -0.462 e.